The van der Waals surface area contributed by atoms with Crippen molar-refractivity contribution in [2.24, 2.45) is 0 Å². The van der Waals surface area contributed by atoms with E-state index in [1.807, 2.05) is 6.92 Å². The van der Waals surface area contributed by atoms with E-state index in [1.54, 1.807) is 18.2 Å². The van der Waals surface area contributed by atoms with Crippen LogP contribution in [0.15, 0.2) is 30.5 Å². The Bertz CT molecular complexity index is 634. The van der Waals surface area contributed by atoms with Crippen molar-refractivity contribution in [2.45, 2.75) is 19.4 Å². The molecule has 0 fully saturated rings. The van der Waals surface area contributed by atoms with Gasteiger partial charge in [-0.2, -0.15) is 0 Å². The lowest BCUT2D eigenvalue weighted by Crippen LogP contribution is -2.25. The van der Waals surface area contributed by atoms with Crippen LogP contribution in [0.1, 0.15) is 30.5 Å². The molecule has 0 spiro atoms. The number of anilines is 1. The van der Waals surface area contributed by atoms with Gasteiger partial charge in [0.1, 0.15) is 11.6 Å². The van der Waals surface area contributed by atoms with Crippen molar-refractivity contribution in [2.75, 3.05) is 12.3 Å². The summed E-state index contributed by atoms with van der Waals surface area (Å²) in [7, 11) is 0. The molecule has 1 heterocycles. The molecular weight excluding hydrogens is 312 g/mol. The van der Waals surface area contributed by atoms with Crippen molar-refractivity contribution in [3.8, 4) is 0 Å². The minimum absolute atomic E-state index is 0.322. The van der Waals surface area contributed by atoms with Gasteiger partial charge in [-0.3, -0.25) is 0 Å². The summed E-state index contributed by atoms with van der Waals surface area (Å²) in [5.74, 6) is -0.0715. The van der Waals surface area contributed by atoms with E-state index in [1.165, 1.54) is 12.3 Å². The van der Waals surface area contributed by atoms with Gasteiger partial charge in [0, 0.05) is 22.3 Å². The number of hydrogen-bond donors (Lipinski definition) is 2. The highest BCUT2D eigenvalue weighted by Gasteiger charge is 2.20. The molecule has 0 radical (unpaired) electrons. The summed E-state index contributed by atoms with van der Waals surface area (Å²) in [5, 5.41) is 4.07. The van der Waals surface area contributed by atoms with Crippen LogP contribution in [0, 0.1) is 5.82 Å². The molecule has 1 aromatic heterocycles. The normalized spacial score (nSPS) is 12.4. The van der Waals surface area contributed by atoms with Crippen molar-refractivity contribution >= 4 is 29.0 Å². The highest BCUT2D eigenvalue weighted by molar-refractivity contribution is 6.30. The Kier molecular flexibility index (Phi) is 5.39. The van der Waals surface area contributed by atoms with Crippen LogP contribution in [-0.4, -0.2) is 11.5 Å². The first-order chi connectivity index (χ1) is 10.0. The second kappa shape index (κ2) is 7.07. The van der Waals surface area contributed by atoms with Crippen molar-refractivity contribution < 1.29 is 4.39 Å². The van der Waals surface area contributed by atoms with Crippen LogP contribution in [0.2, 0.25) is 10.0 Å². The molecule has 21 heavy (non-hydrogen) atoms. The molecule has 0 saturated heterocycles. The molecule has 2 aromatic rings. The second-order valence-corrected chi connectivity index (χ2v) is 5.55. The largest absolute Gasteiger partial charge is 0.383 e. The SMILES string of the molecule is CCCNC(c1ccc(Cl)cc1F)c1cc(Cl)cnc1N. The maximum absolute atomic E-state index is 14.2. The quantitative estimate of drug-likeness (QED) is 0.865. The van der Waals surface area contributed by atoms with E-state index in [4.69, 9.17) is 28.9 Å². The molecule has 6 heteroatoms. The van der Waals surface area contributed by atoms with Crippen molar-refractivity contribution in [3.05, 3.63) is 57.5 Å². The number of hydrogen-bond acceptors (Lipinski definition) is 3. The summed E-state index contributed by atoms with van der Waals surface area (Å²) >= 11 is 11.8. The highest BCUT2D eigenvalue weighted by Crippen LogP contribution is 2.30. The molecule has 0 aliphatic carbocycles. The third kappa shape index (κ3) is 3.84. The Morgan fingerprint density at radius 2 is 2.00 bits per heavy atom. The lowest BCUT2D eigenvalue weighted by Gasteiger charge is -2.21. The summed E-state index contributed by atoms with van der Waals surface area (Å²) < 4.78 is 14.2. The van der Waals surface area contributed by atoms with Gasteiger partial charge in [0.15, 0.2) is 0 Å². The van der Waals surface area contributed by atoms with Gasteiger partial charge in [-0.25, -0.2) is 9.37 Å². The van der Waals surface area contributed by atoms with Crippen LogP contribution in [0.25, 0.3) is 0 Å². The predicted octanol–water partition coefficient (Wildman–Crippen LogP) is 4.20. The average Bonchev–Trinajstić information content (AvgIpc) is 2.44. The van der Waals surface area contributed by atoms with Gasteiger partial charge in [-0.05, 0) is 31.2 Å². The third-order valence-electron chi connectivity index (χ3n) is 3.10. The first-order valence-electron chi connectivity index (χ1n) is 6.62. The first kappa shape index (κ1) is 16.0. The van der Waals surface area contributed by atoms with Gasteiger partial charge in [0.05, 0.1) is 11.1 Å². The molecule has 112 valence electrons. The van der Waals surface area contributed by atoms with Crippen LogP contribution < -0.4 is 11.1 Å². The van der Waals surface area contributed by atoms with E-state index in [0.29, 0.717) is 33.5 Å². The lowest BCUT2D eigenvalue weighted by atomic mass is 9.98. The first-order valence-corrected chi connectivity index (χ1v) is 7.37. The smallest absolute Gasteiger partial charge is 0.129 e. The minimum atomic E-state index is -0.423. The number of nitrogens with two attached hydrogens (primary N) is 1. The summed E-state index contributed by atoms with van der Waals surface area (Å²) in [5.41, 5.74) is 7.03. The van der Waals surface area contributed by atoms with Crippen molar-refractivity contribution in [1.82, 2.24) is 10.3 Å². The number of rotatable bonds is 5. The zero-order valence-electron chi connectivity index (χ0n) is 11.5. The zero-order valence-corrected chi connectivity index (χ0v) is 13.0. The van der Waals surface area contributed by atoms with Crippen LogP contribution >= 0.6 is 23.2 Å². The number of halogens is 3. The molecule has 0 amide bonds. The molecule has 0 saturated carbocycles. The van der Waals surface area contributed by atoms with Gasteiger partial charge >= 0.3 is 0 Å². The molecule has 1 unspecified atom stereocenters. The van der Waals surface area contributed by atoms with Gasteiger partial charge in [-0.1, -0.05) is 36.2 Å². The minimum Gasteiger partial charge on any atom is -0.383 e. The molecule has 1 aromatic carbocycles. The Hall–Kier alpha value is -1.36. The average molecular weight is 328 g/mol. The molecule has 0 aliphatic heterocycles. The maximum Gasteiger partial charge on any atom is 0.129 e. The fourth-order valence-electron chi connectivity index (χ4n) is 2.11. The Balaban J connectivity index is 2.49. The number of nitrogens with zero attached hydrogens (tertiary/aromatic N) is 1. The van der Waals surface area contributed by atoms with E-state index in [2.05, 4.69) is 10.3 Å². The molecule has 2 rings (SSSR count). The van der Waals surface area contributed by atoms with Crippen LogP contribution in [-0.2, 0) is 0 Å². The summed E-state index contributed by atoms with van der Waals surface area (Å²) in [4.78, 5) is 4.04. The number of benzene rings is 1. The fraction of sp³-hybridized carbons (Fsp3) is 0.267. The van der Waals surface area contributed by atoms with Crippen molar-refractivity contribution in [1.29, 1.82) is 0 Å². The van der Waals surface area contributed by atoms with E-state index in [9.17, 15) is 4.39 Å². The number of pyridine rings is 1. The van der Waals surface area contributed by atoms with Gasteiger partial charge in [0.2, 0.25) is 0 Å². The highest BCUT2D eigenvalue weighted by atomic mass is 35.5. The van der Waals surface area contributed by atoms with Gasteiger partial charge in [-0.15, -0.1) is 0 Å². The molecule has 3 N–H and O–H groups in total. The lowest BCUT2D eigenvalue weighted by molar-refractivity contribution is 0.547. The summed E-state index contributed by atoms with van der Waals surface area (Å²) in [6.07, 6.45) is 2.37. The molecule has 3 nitrogen and oxygen atoms in total. The molecule has 0 bridgehead atoms. The number of nitrogens with one attached hydrogen (secondary N) is 1. The monoisotopic (exact) mass is 327 g/mol. The Labute approximate surface area is 133 Å². The molecule has 1 atom stereocenters. The molecular formula is C15H16Cl2FN3. The number of aromatic nitrogens is 1. The van der Waals surface area contributed by atoms with Crippen LogP contribution in [0.5, 0.6) is 0 Å². The topological polar surface area (TPSA) is 50.9 Å². The van der Waals surface area contributed by atoms with Crippen molar-refractivity contribution in [3.63, 3.8) is 0 Å². The van der Waals surface area contributed by atoms with Crippen LogP contribution in [0.3, 0.4) is 0 Å². The summed E-state index contributed by atoms with van der Waals surface area (Å²) in [6, 6.07) is 5.85. The Morgan fingerprint density at radius 3 is 2.67 bits per heavy atom. The maximum atomic E-state index is 14.2. The Morgan fingerprint density at radius 1 is 1.24 bits per heavy atom. The molecule has 0 aliphatic rings. The van der Waals surface area contributed by atoms with E-state index < -0.39 is 11.9 Å². The van der Waals surface area contributed by atoms with Crippen LogP contribution in [0.4, 0.5) is 10.2 Å². The standard InChI is InChI=1S/C15H16Cl2FN3/c1-2-5-20-14(11-4-3-9(16)7-13(11)18)12-6-10(17)8-21-15(12)19/h3-4,6-8,14,20H,2,5H2,1H3,(H2,19,21). The summed E-state index contributed by atoms with van der Waals surface area (Å²) in [6.45, 7) is 2.74. The predicted molar refractivity (Wildman–Crippen MR) is 85.2 cm³/mol. The van der Waals surface area contributed by atoms with Gasteiger partial charge < -0.3 is 11.1 Å². The number of nitrogen functional groups attached to an aromatic ring is 1. The zero-order chi connectivity index (χ0) is 15.4. The van der Waals surface area contributed by atoms with E-state index in [0.717, 1.165) is 6.42 Å². The van der Waals surface area contributed by atoms with E-state index in [-0.39, 0.29) is 0 Å². The fourth-order valence-corrected chi connectivity index (χ4v) is 2.43. The van der Waals surface area contributed by atoms with Gasteiger partial charge in [0.25, 0.3) is 0 Å². The third-order valence-corrected chi connectivity index (χ3v) is 3.54. The second-order valence-electron chi connectivity index (χ2n) is 4.68. The van der Waals surface area contributed by atoms with E-state index >= 15 is 0 Å².